The Balaban J connectivity index is 1.85. The van der Waals surface area contributed by atoms with Crippen molar-refractivity contribution >= 4 is 32.0 Å². The summed E-state index contributed by atoms with van der Waals surface area (Å²) in [5, 5.41) is 0. The number of aryl methyl sites for hydroxylation is 1. The lowest BCUT2D eigenvalue weighted by molar-refractivity contribution is 0.414. The van der Waals surface area contributed by atoms with Crippen molar-refractivity contribution in [2.75, 3.05) is 7.11 Å². The molecule has 0 aliphatic carbocycles. The van der Waals surface area contributed by atoms with Gasteiger partial charge in [0.15, 0.2) is 0 Å². The van der Waals surface area contributed by atoms with Gasteiger partial charge in [0.2, 0.25) is 0 Å². The Morgan fingerprint density at radius 1 is 0.848 bits per heavy atom. The van der Waals surface area contributed by atoms with Gasteiger partial charge in [-0.15, -0.1) is 4.40 Å². The summed E-state index contributed by atoms with van der Waals surface area (Å²) in [6, 6.07) is 19.4. The minimum Gasteiger partial charge on any atom is -0.497 e. The van der Waals surface area contributed by atoms with E-state index in [9.17, 15) is 16.8 Å². The van der Waals surface area contributed by atoms with Crippen molar-refractivity contribution < 1.29 is 21.6 Å². The van der Waals surface area contributed by atoms with Crippen LogP contribution in [0, 0.1) is 6.92 Å². The maximum absolute atomic E-state index is 13.5. The topological polar surface area (TPSA) is 93.1 Å². The lowest BCUT2D eigenvalue weighted by Gasteiger charge is -2.21. The summed E-state index contributed by atoms with van der Waals surface area (Å²) in [4.78, 5) is -0.0248. The van der Waals surface area contributed by atoms with Crippen LogP contribution in [0.15, 0.2) is 93.2 Å². The zero-order valence-electron chi connectivity index (χ0n) is 18.0. The molecule has 1 aliphatic rings. The molecule has 0 fully saturated rings. The van der Waals surface area contributed by atoms with Gasteiger partial charge >= 0.3 is 0 Å². The average molecular weight is 483 g/mol. The molecular weight excluding hydrogens is 460 g/mol. The molecule has 3 aromatic carbocycles. The van der Waals surface area contributed by atoms with Crippen LogP contribution in [0.1, 0.15) is 16.7 Å². The molecule has 0 bridgehead atoms. The lowest BCUT2D eigenvalue weighted by Crippen LogP contribution is -2.33. The number of amidine groups is 1. The van der Waals surface area contributed by atoms with E-state index < -0.39 is 20.0 Å². The van der Waals surface area contributed by atoms with Crippen LogP contribution in [-0.4, -0.2) is 34.1 Å². The summed E-state index contributed by atoms with van der Waals surface area (Å²) in [6.07, 6.45) is 3.01. The molecule has 9 heteroatoms. The maximum atomic E-state index is 13.5. The molecule has 0 unspecified atom stereocenters. The highest BCUT2D eigenvalue weighted by atomic mass is 32.2. The number of benzene rings is 3. The SMILES string of the molecule is COc1ccc(S(=O)(=O)/N=C2\Cc3ccccc3C=CN2S(=O)(=O)c2ccc(C)cc2)cc1. The van der Waals surface area contributed by atoms with Gasteiger partial charge < -0.3 is 4.74 Å². The van der Waals surface area contributed by atoms with Crippen LogP contribution < -0.4 is 4.74 Å². The molecule has 0 aromatic heterocycles. The normalized spacial score (nSPS) is 15.2. The van der Waals surface area contributed by atoms with Crippen molar-refractivity contribution in [1.82, 2.24) is 4.31 Å². The number of methoxy groups -OCH3 is 1. The van der Waals surface area contributed by atoms with Crippen LogP contribution in [0.25, 0.3) is 6.08 Å². The van der Waals surface area contributed by atoms with Gasteiger partial charge in [0.25, 0.3) is 20.0 Å². The van der Waals surface area contributed by atoms with E-state index in [2.05, 4.69) is 4.40 Å². The van der Waals surface area contributed by atoms with E-state index in [0.717, 1.165) is 21.0 Å². The predicted molar refractivity (Wildman–Crippen MR) is 127 cm³/mol. The number of sulfonamides is 2. The Morgan fingerprint density at radius 3 is 2.15 bits per heavy atom. The third-order valence-electron chi connectivity index (χ3n) is 5.21. The van der Waals surface area contributed by atoms with Gasteiger partial charge in [0.1, 0.15) is 11.6 Å². The van der Waals surface area contributed by atoms with Crippen molar-refractivity contribution in [3.8, 4) is 5.75 Å². The summed E-state index contributed by atoms with van der Waals surface area (Å²) in [7, 11) is -6.82. The van der Waals surface area contributed by atoms with Crippen molar-refractivity contribution in [2.45, 2.75) is 23.1 Å². The summed E-state index contributed by atoms with van der Waals surface area (Å²) in [5.74, 6) is 0.379. The molecular formula is C24H22N2O5S2. The molecule has 4 rings (SSSR count). The second kappa shape index (κ2) is 8.84. The molecule has 1 heterocycles. The zero-order chi connectivity index (χ0) is 23.6. The Kier molecular flexibility index (Phi) is 6.09. The molecule has 7 nitrogen and oxygen atoms in total. The van der Waals surface area contributed by atoms with Crippen LogP contribution in [-0.2, 0) is 26.5 Å². The first-order valence-corrected chi connectivity index (χ1v) is 12.9. The number of rotatable bonds is 5. The van der Waals surface area contributed by atoms with Crippen LogP contribution in [0.3, 0.4) is 0 Å². The summed E-state index contributed by atoms with van der Waals surface area (Å²) in [6.45, 7) is 1.85. The minimum atomic E-state index is -4.19. The van der Waals surface area contributed by atoms with E-state index in [1.807, 2.05) is 31.2 Å². The maximum Gasteiger partial charge on any atom is 0.283 e. The molecule has 0 saturated heterocycles. The van der Waals surface area contributed by atoms with E-state index in [-0.39, 0.29) is 22.0 Å². The van der Waals surface area contributed by atoms with Gasteiger partial charge in [-0.3, -0.25) is 0 Å². The quantitative estimate of drug-likeness (QED) is 0.548. The first-order valence-electron chi connectivity index (χ1n) is 10.1. The highest BCUT2D eigenvalue weighted by Gasteiger charge is 2.30. The number of nitrogens with zero attached hydrogens (tertiary/aromatic N) is 2. The lowest BCUT2D eigenvalue weighted by atomic mass is 10.1. The molecule has 0 radical (unpaired) electrons. The Bertz CT molecular complexity index is 1440. The largest absolute Gasteiger partial charge is 0.497 e. The van der Waals surface area contributed by atoms with E-state index in [1.165, 1.54) is 49.7 Å². The van der Waals surface area contributed by atoms with E-state index in [4.69, 9.17) is 4.74 Å². The number of hydrogen-bond donors (Lipinski definition) is 0. The fourth-order valence-electron chi connectivity index (χ4n) is 3.39. The Morgan fingerprint density at radius 2 is 1.48 bits per heavy atom. The number of ether oxygens (including phenoxy) is 1. The smallest absolute Gasteiger partial charge is 0.283 e. The van der Waals surface area contributed by atoms with E-state index in [0.29, 0.717) is 5.75 Å². The highest BCUT2D eigenvalue weighted by Crippen LogP contribution is 2.26. The van der Waals surface area contributed by atoms with E-state index in [1.54, 1.807) is 18.2 Å². The second-order valence-corrected chi connectivity index (χ2v) is 10.9. The van der Waals surface area contributed by atoms with Crippen LogP contribution in [0.4, 0.5) is 0 Å². The minimum absolute atomic E-state index is 0.0175. The van der Waals surface area contributed by atoms with Gasteiger partial charge in [-0.25, -0.2) is 12.7 Å². The monoisotopic (exact) mass is 482 g/mol. The number of fused-ring (bicyclic) bond motifs is 1. The van der Waals surface area contributed by atoms with Gasteiger partial charge in [0.05, 0.1) is 16.9 Å². The van der Waals surface area contributed by atoms with Crippen molar-refractivity contribution in [3.05, 3.63) is 95.7 Å². The fraction of sp³-hybridized carbons (Fsp3) is 0.125. The third-order valence-corrected chi connectivity index (χ3v) is 8.25. The average Bonchev–Trinajstić information content (AvgIpc) is 2.98. The fourth-order valence-corrected chi connectivity index (χ4v) is 5.77. The molecule has 0 spiro atoms. The Labute approximate surface area is 193 Å². The Hall–Kier alpha value is -3.43. The first-order chi connectivity index (χ1) is 15.7. The first kappa shape index (κ1) is 22.8. The summed E-state index contributed by atoms with van der Waals surface area (Å²) in [5.41, 5.74) is 2.46. The zero-order valence-corrected chi connectivity index (χ0v) is 19.7. The predicted octanol–water partition coefficient (Wildman–Crippen LogP) is 4.01. The molecule has 1 aliphatic heterocycles. The van der Waals surface area contributed by atoms with Gasteiger partial charge in [-0.2, -0.15) is 8.42 Å². The van der Waals surface area contributed by atoms with Crippen LogP contribution >= 0.6 is 0 Å². The molecule has 0 atom stereocenters. The van der Waals surface area contributed by atoms with Gasteiger partial charge in [0, 0.05) is 12.6 Å². The van der Waals surface area contributed by atoms with Gasteiger partial charge in [-0.05, 0) is 60.5 Å². The summed E-state index contributed by atoms with van der Waals surface area (Å²) < 4.78 is 63.2. The van der Waals surface area contributed by atoms with Crippen molar-refractivity contribution in [2.24, 2.45) is 4.40 Å². The molecule has 170 valence electrons. The standard InChI is InChI=1S/C24H22N2O5S2/c1-18-7-11-23(12-8-18)33(29,30)26-16-15-19-5-3-4-6-20(19)17-24(26)25-32(27,28)22-13-9-21(31-2)10-14-22/h3-16H,17H2,1-2H3/b25-24+. The third kappa shape index (κ3) is 4.69. The second-order valence-electron chi connectivity index (χ2n) is 7.46. The highest BCUT2D eigenvalue weighted by molar-refractivity contribution is 7.91. The van der Waals surface area contributed by atoms with Gasteiger partial charge in [-0.1, -0.05) is 42.0 Å². The van der Waals surface area contributed by atoms with Crippen LogP contribution in [0.2, 0.25) is 0 Å². The molecule has 3 aromatic rings. The van der Waals surface area contributed by atoms with Crippen molar-refractivity contribution in [3.63, 3.8) is 0 Å². The van der Waals surface area contributed by atoms with Crippen molar-refractivity contribution in [1.29, 1.82) is 0 Å². The summed E-state index contributed by atoms with van der Waals surface area (Å²) >= 11 is 0. The molecule has 33 heavy (non-hydrogen) atoms. The van der Waals surface area contributed by atoms with E-state index >= 15 is 0 Å². The molecule has 0 amide bonds. The molecule has 0 saturated carbocycles. The number of hydrogen-bond acceptors (Lipinski definition) is 5. The molecule has 0 N–H and O–H groups in total. The van der Waals surface area contributed by atoms with Crippen LogP contribution in [0.5, 0.6) is 5.75 Å².